The molecule has 0 saturated heterocycles. The molecule has 0 aliphatic heterocycles. The third-order valence-corrected chi connectivity index (χ3v) is 6.73. The van der Waals surface area contributed by atoms with Crippen LogP contribution in [0.15, 0.2) is 47.4 Å². The Labute approximate surface area is 220 Å². The summed E-state index contributed by atoms with van der Waals surface area (Å²) in [5.41, 5.74) is 1.63. The number of ether oxygens (including phenoxy) is 2. The monoisotopic (exact) mass is 514 g/mol. The molecule has 0 aromatic heterocycles. The van der Waals surface area contributed by atoms with Gasteiger partial charge in [0.2, 0.25) is 0 Å². The molecule has 36 heavy (non-hydrogen) atoms. The van der Waals surface area contributed by atoms with E-state index in [1.54, 1.807) is 31.4 Å². The van der Waals surface area contributed by atoms with Gasteiger partial charge in [-0.2, -0.15) is 0 Å². The molecule has 0 fully saturated rings. The highest BCUT2D eigenvalue weighted by Crippen LogP contribution is 2.27. The second-order valence-electron chi connectivity index (χ2n) is 8.82. The molecular formula is C29H42N2O4S. The van der Waals surface area contributed by atoms with E-state index in [0.717, 1.165) is 17.1 Å². The summed E-state index contributed by atoms with van der Waals surface area (Å²) < 4.78 is 10.8. The fourth-order valence-corrected chi connectivity index (χ4v) is 4.35. The lowest BCUT2D eigenvalue weighted by Gasteiger charge is -2.12. The number of amides is 2. The smallest absolute Gasteiger partial charge is 0.255 e. The minimum Gasteiger partial charge on any atom is -0.494 e. The van der Waals surface area contributed by atoms with E-state index >= 15 is 0 Å². The molecule has 6 nitrogen and oxygen atoms in total. The van der Waals surface area contributed by atoms with Crippen molar-refractivity contribution in [2.75, 3.05) is 38.4 Å². The van der Waals surface area contributed by atoms with E-state index in [4.69, 9.17) is 9.47 Å². The Morgan fingerprint density at radius 3 is 2.08 bits per heavy atom. The van der Waals surface area contributed by atoms with Gasteiger partial charge in [0.05, 0.1) is 18.9 Å². The topological polar surface area (TPSA) is 76.7 Å². The molecule has 0 bridgehead atoms. The van der Waals surface area contributed by atoms with E-state index in [1.165, 1.54) is 63.1 Å². The third kappa shape index (κ3) is 11.0. The van der Waals surface area contributed by atoms with Crippen molar-refractivity contribution in [1.29, 1.82) is 0 Å². The first-order valence-electron chi connectivity index (χ1n) is 13.1. The molecule has 0 aliphatic rings. The van der Waals surface area contributed by atoms with Gasteiger partial charge in [0, 0.05) is 29.7 Å². The zero-order valence-electron chi connectivity index (χ0n) is 22.1. The van der Waals surface area contributed by atoms with Gasteiger partial charge in [-0.15, -0.1) is 11.8 Å². The Hall–Kier alpha value is -2.51. The average molecular weight is 515 g/mol. The Balaban J connectivity index is 1.80. The van der Waals surface area contributed by atoms with E-state index in [1.807, 2.05) is 24.5 Å². The summed E-state index contributed by atoms with van der Waals surface area (Å²) in [5, 5.41) is 5.74. The van der Waals surface area contributed by atoms with E-state index < -0.39 is 0 Å². The van der Waals surface area contributed by atoms with Gasteiger partial charge in [-0.05, 0) is 55.1 Å². The first-order valence-corrected chi connectivity index (χ1v) is 14.3. The lowest BCUT2D eigenvalue weighted by Crippen LogP contribution is -2.27. The molecule has 0 heterocycles. The zero-order chi connectivity index (χ0) is 26.0. The van der Waals surface area contributed by atoms with Gasteiger partial charge in [-0.25, -0.2) is 0 Å². The predicted octanol–water partition coefficient (Wildman–Crippen LogP) is 6.95. The molecule has 0 aliphatic carbocycles. The molecule has 2 rings (SSSR count). The summed E-state index contributed by atoms with van der Waals surface area (Å²) in [6.07, 6.45) is 13.5. The van der Waals surface area contributed by atoms with Crippen LogP contribution in [0.2, 0.25) is 0 Å². The van der Waals surface area contributed by atoms with E-state index in [-0.39, 0.29) is 11.8 Å². The molecule has 0 unspecified atom stereocenters. The first kappa shape index (κ1) is 29.7. The van der Waals surface area contributed by atoms with Crippen LogP contribution in [0.25, 0.3) is 0 Å². The van der Waals surface area contributed by atoms with Crippen molar-refractivity contribution in [3.05, 3.63) is 53.6 Å². The van der Waals surface area contributed by atoms with Crippen LogP contribution >= 0.6 is 11.8 Å². The van der Waals surface area contributed by atoms with Crippen molar-refractivity contribution in [1.82, 2.24) is 5.32 Å². The van der Waals surface area contributed by atoms with Crippen molar-refractivity contribution >= 4 is 29.3 Å². The largest absolute Gasteiger partial charge is 0.494 e. The fourth-order valence-electron chi connectivity index (χ4n) is 3.82. The number of carbonyl (C=O) groups is 2. The van der Waals surface area contributed by atoms with Crippen molar-refractivity contribution in [3.63, 3.8) is 0 Å². The van der Waals surface area contributed by atoms with Crippen LogP contribution < -0.4 is 15.4 Å². The molecule has 0 atom stereocenters. The maximum atomic E-state index is 12.9. The van der Waals surface area contributed by atoms with Crippen molar-refractivity contribution in [3.8, 4) is 5.75 Å². The minimum atomic E-state index is -0.229. The fraction of sp³-hybridized carbons (Fsp3) is 0.517. The number of benzene rings is 2. The summed E-state index contributed by atoms with van der Waals surface area (Å²) in [6, 6.07) is 12.5. The average Bonchev–Trinajstić information content (AvgIpc) is 2.90. The number of hydrogen-bond donors (Lipinski definition) is 2. The highest BCUT2D eigenvalue weighted by atomic mass is 32.2. The van der Waals surface area contributed by atoms with Crippen LogP contribution in [-0.2, 0) is 4.74 Å². The Morgan fingerprint density at radius 2 is 1.44 bits per heavy atom. The second kappa shape index (κ2) is 17.8. The molecule has 2 amide bonds. The lowest BCUT2D eigenvalue weighted by atomic mass is 10.1. The summed E-state index contributed by atoms with van der Waals surface area (Å²) >= 11 is 1.51. The van der Waals surface area contributed by atoms with Crippen LogP contribution in [0, 0.1) is 0 Å². The predicted molar refractivity (Wildman–Crippen MR) is 150 cm³/mol. The molecule has 0 saturated carbocycles. The summed E-state index contributed by atoms with van der Waals surface area (Å²) in [6.45, 7) is 3.81. The van der Waals surface area contributed by atoms with Gasteiger partial charge in [-0.1, -0.05) is 58.3 Å². The van der Waals surface area contributed by atoms with Gasteiger partial charge >= 0.3 is 0 Å². The highest BCUT2D eigenvalue weighted by molar-refractivity contribution is 7.98. The quantitative estimate of drug-likeness (QED) is 0.166. The number of thioether (sulfide) groups is 1. The minimum absolute atomic E-state index is 0.205. The zero-order valence-corrected chi connectivity index (χ0v) is 22.9. The SMILES string of the molecule is CCCCCCCCCCCOc1ccc(C(=O)Nc2cc(C(=O)NCCOC)ccc2SC)cc1. The summed E-state index contributed by atoms with van der Waals surface area (Å²) in [7, 11) is 1.59. The van der Waals surface area contributed by atoms with E-state index in [9.17, 15) is 9.59 Å². The molecule has 2 N–H and O–H groups in total. The van der Waals surface area contributed by atoms with Gasteiger partial charge < -0.3 is 20.1 Å². The third-order valence-electron chi connectivity index (χ3n) is 5.93. The van der Waals surface area contributed by atoms with Crippen LogP contribution in [0.3, 0.4) is 0 Å². The van der Waals surface area contributed by atoms with Crippen molar-refractivity contribution < 1.29 is 19.1 Å². The number of nitrogens with one attached hydrogen (secondary N) is 2. The van der Waals surface area contributed by atoms with Gasteiger partial charge in [0.25, 0.3) is 11.8 Å². The molecular weight excluding hydrogens is 472 g/mol. The molecule has 2 aromatic carbocycles. The number of hydrogen-bond acceptors (Lipinski definition) is 5. The molecule has 2 aromatic rings. The van der Waals surface area contributed by atoms with Crippen molar-refractivity contribution in [2.45, 2.75) is 69.6 Å². The Kier molecular flexibility index (Phi) is 14.7. The van der Waals surface area contributed by atoms with Crippen LogP contribution in [0.1, 0.15) is 85.4 Å². The lowest BCUT2D eigenvalue weighted by molar-refractivity contribution is 0.0936. The summed E-state index contributed by atoms with van der Waals surface area (Å²) in [5.74, 6) is 0.335. The molecule has 0 spiro atoms. The van der Waals surface area contributed by atoms with E-state index in [2.05, 4.69) is 17.6 Å². The molecule has 0 radical (unpaired) electrons. The number of carbonyl (C=O) groups excluding carboxylic acids is 2. The molecule has 7 heteroatoms. The first-order chi connectivity index (χ1) is 17.6. The van der Waals surface area contributed by atoms with Crippen LogP contribution in [-0.4, -0.2) is 44.9 Å². The van der Waals surface area contributed by atoms with Gasteiger partial charge in [-0.3, -0.25) is 9.59 Å². The van der Waals surface area contributed by atoms with E-state index in [0.29, 0.717) is 36.6 Å². The van der Waals surface area contributed by atoms with Crippen LogP contribution in [0.5, 0.6) is 5.75 Å². The Morgan fingerprint density at radius 1 is 0.806 bits per heavy atom. The number of rotatable bonds is 18. The maximum Gasteiger partial charge on any atom is 0.255 e. The van der Waals surface area contributed by atoms with Gasteiger partial charge in [0.1, 0.15) is 5.75 Å². The Bertz CT molecular complexity index is 918. The van der Waals surface area contributed by atoms with Gasteiger partial charge in [0.15, 0.2) is 0 Å². The standard InChI is InChI=1S/C29H42N2O4S/c1-4-5-6-7-8-9-10-11-12-20-35-25-16-13-23(14-17-25)29(33)31-26-22-24(15-18-27(26)36-3)28(32)30-19-21-34-2/h13-18,22H,4-12,19-21H2,1-3H3,(H,30,32)(H,31,33). The molecule has 198 valence electrons. The number of anilines is 1. The second-order valence-corrected chi connectivity index (χ2v) is 9.67. The highest BCUT2D eigenvalue weighted by Gasteiger charge is 2.13. The normalized spacial score (nSPS) is 10.8. The van der Waals surface area contributed by atoms with Crippen LogP contribution in [0.4, 0.5) is 5.69 Å². The maximum absolute atomic E-state index is 12.9. The number of unbranched alkanes of at least 4 members (excludes halogenated alkanes) is 8. The summed E-state index contributed by atoms with van der Waals surface area (Å²) in [4.78, 5) is 26.1. The number of methoxy groups -OCH3 is 1. The van der Waals surface area contributed by atoms with Crippen molar-refractivity contribution in [2.24, 2.45) is 0 Å².